The second-order valence-corrected chi connectivity index (χ2v) is 5.88. The highest BCUT2D eigenvalue weighted by Crippen LogP contribution is 2.28. The van der Waals surface area contributed by atoms with Gasteiger partial charge in [0.2, 0.25) is 0 Å². The fourth-order valence-electron chi connectivity index (χ4n) is 2.46. The number of hydrogen-bond acceptors (Lipinski definition) is 2. The summed E-state index contributed by atoms with van der Waals surface area (Å²) in [6, 6.07) is 6.59. The van der Waals surface area contributed by atoms with Crippen LogP contribution in [0.4, 0.5) is 0 Å². The van der Waals surface area contributed by atoms with Crippen molar-refractivity contribution in [3.8, 4) is 0 Å². The van der Waals surface area contributed by atoms with Crippen LogP contribution < -0.4 is 5.73 Å². The molecule has 2 nitrogen and oxygen atoms in total. The predicted molar refractivity (Wildman–Crippen MR) is 74.0 cm³/mol. The van der Waals surface area contributed by atoms with Gasteiger partial charge in [-0.25, -0.2) is 0 Å². The molecule has 0 saturated carbocycles. The Morgan fingerprint density at radius 2 is 2.06 bits per heavy atom. The monoisotopic (exact) mass is 297 g/mol. The van der Waals surface area contributed by atoms with Crippen LogP contribution in [0.2, 0.25) is 0 Å². The molecule has 3 heteroatoms. The molecule has 0 aliphatic carbocycles. The minimum absolute atomic E-state index is 0.147. The smallest absolute Gasteiger partial charge is 0.0468 e. The second-order valence-electron chi connectivity index (χ2n) is 4.96. The molecule has 1 aromatic carbocycles. The highest BCUT2D eigenvalue weighted by Gasteiger charge is 2.18. The molecule has 0 aromatic heterocycles. The number of ether oxygens (including phenoxy) is 1. The highest BCUT2D eigenvalue weighted by atomic mass is 79.9. The first-order chi connectivity index (χ1) is 8.15. The summed E-state index contributed by atoms with van der Waals surface area (Å²) in [6.45, 7) is 3.90. The molecule has 0 radical (unpaired) electrons. The normalized spacial score (nSPS) is 19.2. The van der Waals surface area contributed by atoms with Crippen LogP contribution in [0.3, 0.4) is 0 Å². The van der Waals surface area contributed by atoms with E-state index in [9.17, 15) is 0 Å². The van der Waals surface area contributed by atoms with E-state index < -0.39 is 0 Å². The molecule has 1 unspecified atom stereocenters. The standard InChI is InChI=1S/C14H20BrNO/c1-10-6-12(9-13(15)7-10)14(16)8-11-2-4-17-5-3-11/h6-7,9,11,14H,2-5,8,16H2,1H3. The van der Waals surface area contributed by atoms with Gasteiger partial charge in [-0.3, -0.25) is 0 Å². The molecule has 2 rings (SSSR count). The summed E-state index contributed by atoms with van der Waals surface area (Å²) >= 11 is 3.53. The van der Waals surface area contributed by atoms with Crippen molar-refractivity contribution in [1.82, 2.24) is 0 Å². The van der Waals surface area contributed by atoms with Gasteiger partial charge in [0.05, 0.1) is 0 Å². The number of halogens is 1. The molecule has 1 aromatic rings. The van der Waals surface area contributed by atoms with E-state index in [1.54, 1.807) is 0 Å². The molecule has 2 N–H and O–H groups in total. The number of rotatable bonds is 3. The van der Waals surface area contributed by atoms with Crippen molar-refractivity contribution in [2.45, 2.75) is 32.2 Å². The quantitative estimate of drug-likeness (QED) is 0.926. The summed E-state index contributed by atoms with van der Waals surface area (Å²) in [4.78, 5) is 0. The molecule has 0 bridgehead atoms. The van der Waals surface area contributed by atoms with Crippen molar-refractivity contribution in [3.05, 3.63) is 33.8 Å². The molecule has 0 spiro atoms. The summed E-state index contributed by atoms with van der Waals surface area (Å²) in [7, 11) is 0. The summed E-state index contributed by atoms with van der Waals surface area (Å²) in [5, 5.41) is 0. The number of benzene rings is 1. The zero-order valence-corrected chi connectivity index (χ0v) is 11.9. The average molecular weight is 298 g/mol. The molecule has 17 heavy (non-hydrogen) atoms. The first-order valence-electron chi connectivity index (χ1n) is 6.25. The van der Waals surface area contributed by atoms with Crippen molar-refractivity contribution in [1.29, 1.82) is 0 Å². The van der Waals surface area contributed by atoms with Crippen LogP contribution in [-0.2, 0) is 4.74 Å². The third kappa shape index (κ3) is 3.80. The maximum Gasteiger partial charge on any atom is 0.0468 e. The molecule has 0 amide bonds. The highest BCUT2D eigenvalue weighted by molar-refractivity contribution is 9.10. The topological polar surface area (TPSA) is 35.2 Å². The summed E-state index contributed by atoms with van der Waals surface area (Å²) in [5.74, 6) is 0.720. The van der Waals surface area contributed by atoms with Gasteiger partial charge in [-0.15, -0.1) is 0 Å². The minimum atomic E-state index is 0.147. The van der Waals surface area contributed by atoms with Crippen LogP contribution in [0.15, 0.2) is 22.7 Å². The van der Waals surface area contributed by atoms with Crippen molar-refractivity contribution in [2.75, 3.05) is 13.2 Å². The van der Waals surface area contributed by atoms with Gasteiger partial charge >= 0.3 is 0 Å². The lowest BCUT2D eigenvalue weighted by Crippen LogP contribution is -2.21. The molecule has 1 heterocycles. The SMILES string of the molecule is Cc1cc(Br)cc(C(N)CC2CCOCC2)c1. The van der Waals surface area contributed by atoms with E-state index >= 15 is 0 Å². The molecule has 1 atom stereocenters. The predicted octanol–water partition coefficient (Wildman–Crippen LogP) is 3.57. The van der Waals surface area contributed by atoms with Crippen LogP contribution in [-0.4, -0.2) is 13.2 Å². The van der Waals surface area contributed by atoms with Crippen molar-refractivity contribution < 1.29 is 4.74 Å². The zero-order chi connectivity index (χ0) is 12.3. The fraction of sp³-hybridized carbons (Fsp3) is 0.571. The van der Waals surface area contributed by atoms with Crippen molar-refractivity contribution >= 4 is 15.9 Å². The Bertz CT molecular complexity index is 354. The summed E-state index contributed by atoms with van der Waals surface area (Å²) in [6.07, 6.45) is 3.38. The Balaban J connectivity index is 2.00. The number of aryl methyl sites for hydroxylation is 1. The summed E-state index contributed by atoms with van der Waals surface area (Å²) in [5.41, 5.74) is 8.80. The van der Waals surface area contributed by atoms with E-state index in [2.05, 4.69) is 41.1 Å². The lowest BCUT2D eigenvalue weighted by Gasteiger charge is -2.25. The van der Waals surface area contributed by atoms with E-state index in [4.69, 9.17) is 10.5 Å². The van der Waals surface area contributed by atoms with Crippen molar-refractivity contribution in [3.63, 3.8) is 0 Å². The van der Waals surface area contributed by atoms with Crippen LogP contribution in [0.25, 0.3) is 0 Å². The molecule has 1 aliphatic rings. The molecule has 1 aliphatic heterocycles. The van der Waals surface area contributed by atoms with Gasteiger partial charge in [-0.2, -0.15) is 0 Å². The molecular formula is C14H20BrNO. The van der Waals surface area contributed by atoms with Gasteiger partial charge in [0.25, 0.3) is 0 Å². The van der Waals surface area contributed by atoms with Crippen LogP contribution in [0.1, 0.15) is 36.4 Å². The first kappa shape index (κ1) is 13.1. The van der Waals surface area contributed by atoms with E-state index in [0.29, 0.717) is 0 Å². The van der Waals surface area contributed by atoms with Gasteiger partial charge in [0.15, 0.2) is 0 Å². The van der Waals surface area contributed by atoms with E-state index in [1.165, 1.54) is 11.1 Å². The Labute approximate surface area is 112 Å². The summed E-state index contributed by atoms with van der Waals surface area (Å²) < 4.78 is 6.50. The van der Waals surface area contributed by atoms with Gasteiger partial charge in [-0.05, 0) is 55.4 Å². The van der Waals surface area contributed by atoms with Gasteiger partial charge in [0.1, 0.15) is 0 Å². The molecular weight excluding hydrogens is 278 g/mol. The third-order valence-electron chi connectivity index (χ3n) is 3.42. The van der Waals surface area contributed by atoms with Gasteiger partial charge in [0, 0.05) is 23.7 Å². The van der Waals surface area contributed by atoms with Gasteiger partial charge in [-0.1, -0.05) is 22.0 Å². The lowest BCUT2D eigenvalue weighted by molar-refractivity contribution is 0.0618. The Morgan fingerprint density at radius 1 is 1.35 bits per heavy atom. The number of hydrogen-bond donors (Lipinski definition) is 1. The second kappa shape index (κ2) is 5.98. The minimum Gasteiger partial charge on any atom is -0.381 e. The van der Waals surface area contributed by atoms with Crippen LogP contribution in [0.5, 0.6) is 0 Å². The molecule has 94 valence electrons. The third-order valence-corrected chi connectivity index (χ3v) is 3.88. The maximum absolute atomic E-state index is 6.30. The average Bonchev–Trinajstić information content (AvgIpc) is 2.29. The molecule has 1 saturated heterocycles. The fourth-order valence-corrected chi connectivity index (χ4v) is 3.08. The van der Waals surface area contributed by atoms with Gasteiger partial charge < -0.3 is 10.5 Å². The number of nitrogens with two attached hydrogens (primary N) is 1. The zero-order valence-electron chi connectivity index (χ0n) is 10.3. The van der Waals surface area contributed by atoms with E-state index in [-0.39, 0.29) is 6.04 Å². The Kier molecular flexibility index (Phi) is 4.60. The Morgan fingerprint density at radius 3 is 2.71 bits per heavy atom. The van der Waals surface area contributed by atoms with E-state index in [1.807, 2.05) is 0 Å². The largest absolute Gasteiger partial charge is 0.381 e. The van der Waals surface area contributed by atoms with Crippen LogP contribution in [0, 0.1) is 12.8 Å². The maximum atomic E-state index is 6.30. The van der Waals surface area contributed by atoms with Crippen molar-refractivity contribution in [2.24, 2.45) is 11.7 Å². The Hall–Kier alpha value is -0.380. The molecule has 1 fully saturated rings. The van der Waals surface area contributed by atoms with Crippen LogP contribution >= 0.6 is 15.9 Å². The first-order valence-corrected chi connectivity index (χ1v) is 7.05. The lowest BCUT2D eigenvalue weighted by atomic mass is 9.89. The van der Waals surface area contributed by atoms with E-state index in [0.717, 1.165) is 42.9 Å².